The number of nitrogens with zero attached hydrogens (tertiary/aromatic N) is 1. The molecule has 0 fully saturated rings. The molecule has 1 aliphatic rings. The van der Waals surface area contributed by atoms with Crippen molar-refractivity contribution in [3.63, 3.8) is 0 Å². The number of para-hydroxylation sites is 1. The highest BCUT2D eigenvalue weighted by Gasteiger charge is 2.27. The first-order valence-electron chi connectivity index (χ1n) is 5.92. The first-order valence-corrected chi connectivity index (χ1v) is 5.92. The molecule has 0 bridgehead atoms. The van der Waals surface area contributed by atoms with Crippen molar-refractivity contribution in [2.45, 2.75) is 32.4 Å². The van der Waals surface area contributed by atoms with Crippen LogP contribution in [0.15, 0.2) is 24.3 Å². The van der Waals surface area contributed by atoms with Crippen molar-refractivity contribution in [3.8, 4) is 0 Å². The fourth-order valence-corrected chi connectivity index (χ4v) is 2.05. The summed E-state index contributed by atoms with van der Waals surface area (Å²) < 4.78 is 5.23. The molecule has 0 radical (unpaired) electrons. The molecule has 4 nitrogen and oxygen atoms in total. The van der Waals surface area contributed by atoms with Gasteiger partial charge in [-0.05, 0) is 31.9 Å². The fraction of sp³-hybridized carbons (Fsp3) is 0.462. The lowest BCUT2D eigenvalue weighted by Gasteiger charge is -2.32. The Bertz CT molecular complexity index is 418. The first kappa shape index (κ1) is 11.9. The number of benzene rings is 1. The average molecular weight is 234 g/mol. The van der Waals surface area contributed by atoms with Crippen LogP contribution in [0.2, 0.25) is 0 Å². The lowest BCUT2D eigenvalue weighted by molar-refractivity contribution is 0.122. The molecule has 1 amide bonds. The number of ether oxygens (including phenoxy) is 1. The van der Waals surface area contributed by atoms with E-state index in [0.29, 0.717) is 6.54 Å². The van der Waals surface area contributed by atoms with Crippen LogP contribution in [0.25, 0.3) is 0 Å². The Morgan fingerprint density at radius 3 is 2.88 bits per heavy atom. The van der Waals surface area contributed by atoms with Gasteiger partial charge in [-0.2, -0.15) is 0 Å². The average Bonchev–Trinajstić information content (AvgIpc) is 2.29. The topological polar surface area (TPSA) is 55.6 Å². The Hall–Kier alpha value is -1.55. The number of hydrogen-bond donors (Lipinski definition) is 1. The second kappa shape index (κ2) is 4.75. The highest BCUT2D eigenvalue weighted by Crippen LogP contribution is 2.32. The molecule has 1 aromatic carbocycles. The summed E-state index contributed by atoms with van der Waals surface area (Å²) in [7, 11) is 0. The highest BCUT2D eigenvalue weighted by molar-refractivity contribution is 5.89. The molecule has 1 atom stereocenters. The molecule has 1 heterocycles. The largest absolute Gasteiger partial charge is 0.446 e. The number of fused-ring (bicyclic) bond motifs is 1. The zero-order chi connectivity index (χ0) is 12.4. The summed E-state index contributed by atoms with van der Waals surface area (Å²) in [5, 5.41) is 0. The van der Waals surface area contributed by atoms with Gasteiger partial charge in [0.05, 0.1) is 11.8 Å². The van der Waals surface area contributed by atoms with Gasteiger partial charge in [-0.15, -0.1) is 0 Å². The molecule has 1 unspecified atom stereocenters. The predicted octanol–water partition coefficient (Wildman–Crippen LogP) is 2.44. The quantitative estimate of drug-likeness (QED) is 0.812. The normalized spacial score (nSPS) is 19.1. The van der Waals surface area contributed by atoms with Crippen LogP contribution in [-0.4, -0.2) is 18.7 Å². The van der Waals surface area contributed by atoms with Crippen LogP contribution >= 0.6 is 0 Å². The molecule has 1 aromatic rings. The van der Waals surface area contributed by atoms with Crippen LogP contribution in [0, 0.1) is 0 Å². The second-order valence-corrected chi connectivity index (χ2v) is 4.54. The molecule has 1 aliphatic heterocycles. The molecule has 2 N–H and O–H groups in total. The van der Waals surface area contributed by atoms with E-state index >= 15 is 0 Å². The van der Waals surface area contributed by atoms with Gasteiger partial charge >= 0.3 is 6.09 Å². The molecule has 2 rings (SSSR count). The Balaban J connectivity index is 2.27. The van der Waals surface area contributed by atoms with Gasteiger partial charge in [0, 0.05) is 12.6 Å². The van der Waals surface area contributed by atoms with Gasteiger partial charge in [-0.3, -0.25) is 4.90 Å². The molecule has 0 spiro atoms. The summed E-state index contributed by atoms with van der Waals surface area (Å²) in [5.41, 5.74) is 7.92. The Morgan fingerprint density at radius 1 is 1.47 bits per heavy atom. The van der Waals surface area contributed by atoms with Crippen molar-refractivity contribution in [2.24, 2.45) is 5.73 Å². The molecular formula is C13H18N2O2. The van der Waals surface area contributed by atoms with Gasteiger partial charge < -0.3 is 10.5 Å². The number of carbonyl (C=O) groups excluding carboxylic acids is 1. The monoisotopic (exact) mass is 234 g/mol. The van der Waals surface area contributed by atoms with E-state index in [0.717, 1.165) is 17.7 Å². The van der Waals surface area contributed by atoms with Crippen molar-refractivity contribution in [1.29, 1.82) is 0 Å². The van der Waals surface area contributed by atoms with E-state index in [4.69, 9.17) is 10.5 Å². The van der Waals surface area contributed by atoms with E-state index in [-0.39, 0.29) is 18.2 Å². The number of hydrogen-bond acceptors (Lipinski definition) is 3. The Morgan fingerprint density at radius 2 is 2.18 bits per heavy atom. The third kappa shape index (κ3) is 2.42. The van der Waals surface area contributed by atoms with Crippen LogP contribution in [0.4, 0.5) is 10.5 Å². The number of rotatable bonds is 1. The molecule has 4 heteroatoms. The molecule has 0 aromatic heterocycles. The maximum Gasteiger partial charge on any atom is 0.414 e. The number of anilines is 1. The van der Waals surface area contributed by atoms with E-state index in [2.05, 4.69) is 0 Å². The third-order valence-corrected chi connectivity index (χ3v) is 2.85. The summed E-state index contributed by atoms with van der Waals surface area (Å²) >= 11 is 0. The predicted molar refractivity (Wildman–Crippen MR) is 67.0 cm³/mol. The van der Waals surface area contributed by atoms with Crippen LogP contribution in [0.3, 0.4) is 0 Å². The lowest BCUT2D eigenvalue weighted by Crippen LogP contribution is -2.39. The number of amides is 1. The molecule has 0 saturated carbocycles. The fourth-order valence-electron chi connectivity index (χ4n) is 2.05. The summed E-state index contributed by atoms with van der Waals surface area (Å²) in [5.74, 6) is 0. The van der Waals surface area contributed by atoms with Gasteiger partial charge in [0.1, 0.15) is 0 Å². The van der Waals surface area contributed by atoms with E-state index in [1.54, 1.807) is 4.90 Å². The van der Waals surface area contributed by atoms with Crippen LogP contribution < -0.4 is 10.6 Å². The Kier molecular flexibility index (Phi) is 3.33. The molecule has 17 heavy (non-hydrogen) atoms. The molecule has 92 valence electrons. The van der Waals surface area contributed by atoms with E-state index < -0.39 is 0 Å². The summed E-state index contributed by atoms with van der Waals surface area (Å²) in [4.78, 5) is 13.6. The van der Waals surface area contributed by atoms with Crippen molar-refractivity contribution >= 4 is 11.8 Å². The highest BCUT2D eigenvalue weighted by atomic mass is 16.6. The number of nitrogens with two attached hydrogens (primary N) is 1. The zero-order valence-electron chi connectivity index (χ0n) is 10.2. The third-order valence-electron chi connectivity index (χ3n) is 2.85. The van der Waals surface area contributed by atoms with Gasteiger partial charge in [-0.25, -0.2) is 4.79 Å². The van der Waals surface area contributed by atoms with Crippen LogP contribution in [0.5, 0.6) is 0 Å². The Labute approximate surface area is 101 Å². The lowest BCUT2D eigenvalue weighted by atomic mass is 9.98. The second-order valence-electron chi connectivity index (χ2n) is 4.54. The van der Waals surface area contributed by atoms with Crippen LogP contribution in [0.1, 0.15) is 31.9 Å². The summed E-state index contributed by atoms with van der Waals surface area (Å²) in [6.45, 7) is 4.31. The molecular weight excluding hydrogens is 216 g/mol. The van der Waals surface area contributed by atoms with Crippen LogP contribution in [-0.2, 0) is 4.74 Å². The molecule has 0 aliphatic carbocycles. The first-order chi connectivity index (χ1) is 8.09. The minimum absolute atomic E-state index is 0.00861. The van der Waals surface area contributed by atoms with E-state index in [1.165, 1.54) is 0 Å². The zero-order valence-corrected chi connectivity index (χ0v) is 10.2. The maximum atomic E-state index is 11.9. The van der Waals surface area contributed by atoms with Crippen molar-refractivity contribution in [2.75, 3.05) is 11.4 Å². The number of carbonyl (C=O) groups is 1. The SMILES string of the molecule is CC(C)OC(=O)N1CCC(N)c2ccccc21. The van der Waals surface area contributed by atoms with E-state index in [9.17, 15) is 4.79 Å². The molecule has 0 saturated heterocycles. The van der Waals surface area contributed by atoms with Gasteiger partial charge in [0.15, 0.2) is 0 Å². The van der Waals surface area contributed by atoms with Crippen molar-refractivity contribution < 1.29 is 9.53 Å². The maximum absolute atomic E-state index is 11.9. The summed E-state index contributed by atoms with van der Waals surface area (Å²) in [6.07, 6.45) is 0.370. The standard InChI is InChI=1S/C13H18N2O2/c1-9(2)17-13(16)15-8-7-11(14)10-5-3-4-6-12(10)15/h3-6,9,11H,7-8,14H2,1-2H3. The minimum atomic E-state index is -0.292. The summed E-state index contributed by atoms with van der Waals surface area (Å²) in [6, 6.07) is 7.74. The minimum Gasteiger partial charge on any atom is -0.446 e. The van der Waals surface area contributed by atoms with Gasteiger partial charge in [0.2, 0.25) is 0 Å². The van der Waals surface area contributed by atoms with Gasteiger partial charge in [0.25, 0.3) is 0 Å². The van der Waals surface area contributed by atoms with Gasteiger partial charge in [-0.1, -0.05) is 18.2 Å². The smallest absolute Gasteiger partial charge is 0.414 e. The van der Waals surface area contributed by atoms with Crippen molar-refractivity contribution in [1.82, 2.24) is 0 Å². The van der Waals surface area contributed by atoms with E-state index in [1.807, 2.05) is 38.1 Å². The van der Waals surface area contributed by atoms with Crippen molar-refractivity contribution in [3.05, 3.63) is 29.8 Å².